The molecule has 0 bridgehead atoms. The van der Waals surface area contributed by atoms with Crippen molar-refractivity contribution in [1.82, 2.24) is 9.80 Å². The minimum Gasteiger partial charge on any atom is -0.338 e. The molecule has 1 aliphatic rings. The highest BCUT2D eigenvalue weighted by Gasteiger charge is 2.22. The maximum absolute atomic E-state index is 13.0. The van der Waals surface area contributed by atoms with Crippen LogP contribution in [0.1, 0.15) is 38.3 Å². The Labute approximate surface area is 126 Å². The van der Waals surface area contributed by atoms with Crippen LogP contribution in [0.15, 0.2) is 24.3 Å². The zero-order valence-electron chi connectivity index (χ0n) is 13.2. The van der Waals surface area contributed by atoms with Gasteiger partial charge in [-0.05, 0) is 56.5 Å². The van der Waals surface area contributed by atoms with Crippen LogP contribution in [-0.2, 0) is 4.79 Å². The van der Waals surface area contributed by atoms with Crippen LogP contribution in [0.25, 0.3) is 0 Å². The normalized spacial score (nSPS) is 18.5. The van der Waals surface area contributed by atoms with Gasteiger partial charge in [0.2, 0.25) is 5.91 Å². The molecule has 1 fully saturated rings. The third-order valence-corrected chi connectivity index (χ3v) is 4.56. The summed E-state index contributed by atoms with van der Waals surface area (Å²) in [6.45, 7) is 6.73. The van der Waals surface area contributed by atoms with Crippen molar-refractivity contribution in [2.75, 3.05) is 26.7 Å². The molecule has 1 aromatic rings. The zero-order chi connectivity index (χ0) is 15.4. The summed E-state index contributed by atoms with van der Waals surface area (Å²) >= 11 is 0. The predicted octanol–water partition coefficient (Wildman–Crippen LogP) is 3.08. The van der Waals surface area contributed by atoms with Crippen molar-refractivity contribution < 1.29 is 9.18 Å². The van der Waals surface area contributed by atoms with E-state index in [1.54, 1.807) is 17.0 Å². The minimum absolute atomic E-state index is 0.0400. The first-order valence-electron chi connectivity index (χ1n) is 7.71. The van der Waals surface area contributed by atoms with E-state index < -0.39 is 0 Å². The Morgan fingerprint density at radius 1 is 1.33 bits per heavy atom. The number of hydrogen-bond acceptors (Lipinski definition) is 2. The minimum atomic E-state index is -0.248. The van der Waals surface area contributed by atoms with Gasteiger partial charge in [0.1, 0.15) is 5.82 Å². The van der Waals surface area contributed by atoms with Crippen molar-refractivity contribution in [3.05, 3.63) is 35.6 Å². The number of carbonyl (C=O) groups excluding carboxylic acids is 1. The highest BCUT2D eigenvalue weighted by Crippen LogP contribution is 2.20. The molecule has 1 saturated heterocycles. The molecule has 0 N–H and O–H groups in total. The van der Waals surface area contributed by atoms with Gasteiger partial charge in [-0.3, -0.25) is 9.69 Å². The molecule has 0 aliphatic carbocycles. The van der Waals surface area contributed by atoms with Gasteiger partial charge in [-0.25, -0.2) is 4.39 Å². The van der Waals surface area contributed by atoms with E-state index >= 15 is 0 Å². The lowest BCUT2D eigenvalue weighted by molar-refractivity contribution is -0.133. The summed E-state index contributed by atoms with van der Waals surface area (Å²) < 4.78 is 13.0. The number of rotatable bonds is 4. The largest absolute Gasteiger partial charge is 0.338 e. The van der Waals surface area contributed by atoms with Crippen LogP contribution < -0.4 is 0 Å². The maximum atomic E-state index is 13.0. The van der Waals surface area contributed by atoms with Gasteiger partial charge in [0, 0.05) is 7.05 Å². The molecule has 1 aliphatic heterocycles. The van der Waals surface area contributed by atoms with E-state index in [9.17, 15) is 9.18 Å². The molecule has 1 heterocycles. The first kappa shape index (κ1) is 16.0. The fraction of sp³-hybridized carbons (Fsp3) is 0.588. The van der Waals surface area contributed by atoms with Crippen molar-refractivity contribution in [2.45, 2.75) is 32.7 Å². The summed E-state index contributed by atoms with van der Waals surface area (Å²) in [4.78, 5) is 16.4. The Morgan fingerprint density at radius 2 is 1.90 bits per heavy atom. The van der Waals surface area contributed by atoms with E-state index in [0.29, 0.717) is 6.54 Å². The van der Waals surface area contributed by atoms with Gasteiger partial charge in [-0.2, -0.15) is 0 Å². The number of amides is 1. The molecule has 116 valence electrons. The number of nitrogens with zero attached hydrogens (tertiary/aromatic N) is 2. The average Bonchev–Trinajstić information content (AvgIpc) is 2.49. The second-order valence-corrected chi connectivity index (χ2v) is 6.19. The molecule has 4 heteroatoms. The first-order valence-corrected chi connectivity index (χ1v) is 7.71. The molecule has 0 saturated carbocycles. The number of likely N-dealkylation sites (tertiary alicyclic amines) is 1. The van der Waals surface area contributed by atoms with Crippen LogP contribution in [0.3, 0.4) is 0 Å². The Bertz CT molecular complexity index is 466. The quantitative estimate of drug-likeness (QED) is 0.851. The standard InChI is InChI=1S/C17H25FN2O/c1-13-8-10-20(11-9-13)12-17(21)19(3)14(2)15-4-6-16(18)7-5-15/h4-7,13-14H,8-12H2,1-3H3. The maximum Gasteiger partial charge on any atom is 0.236 e. The molecule has 2 rings (SSSR count). The number of benzene rings is 1. The molecular weight excluding hydrogens is 267 g/mol. The van der Waals surface area contributed by atoms with Gasteiger partial charge in [-0.1, -0.05) is 19.1 Å². The second kappa shape index (κ2) is 7.03. The number of carbonyl (C=O) groups is 1. The first-order chi connectivity index (χ1) is 9.97. The van der Waals surface area contributed by atoms with Gasteiger partial charge in [0.25, 0.3) is 0 Å². The smallest absolute Gasteiger partial charge is 0.236 e. The Hall–Kier alpha value is -1.42. The topological polar surface area (TPSA) is 23.6 Å². The van der Waals surface area contributed by atoms with Crippen molar-refractivity contribution in [2.24, 2.45) is 5.92 Å². The van der Waals surface area contributed by atoms with E-state index in [1.807, 2.05) is 14.0 Å². The number of piperidine rings is 1. The van der Waals surface area contributed by atoms with Crippen molar-refractivity contribution in [3.63, 3.8) is 0 Å². The van der Waals surface area contributed by atoms with Crippen LogP contribution in [-0.4, -0.2) is 42.4 Å². The van der Waals surface area contributed by atoms with Crippen LogP contribution in [0.5, 0.6) is 0 Å². The van der Waals surface area contributed by atoms with Crippen molar-refractivity contribution >= 4 is 5.91 Å². The molecule has 1 atom stereocenters. The van der Waals surface area contributed by atoms with Gasteiger partial charge >= 0.3 is 0 Å². The fourth-order valence-electron chi connectivity index (χ4n) is 2.70. The lowest BCUT2D eigenvalue weighted by Crippen LogP contribution is -2.42. The Balaban J connectivity index is 1.90. The zero-order valence-corrected chi connectivity index (χ0v) is 13.2. The number of likely N-dealkylation sites (N-methyl/N-ethyl adjacent to an activating group) is 1. The molecule has 1 amide bonds. The van der Waals surface area contributed by atoms with Crippen LogP contribution in [0.4, 0.5) is 4.39 Å². The van der Waals surface area contributed by atoms with Crippen LogP contribution >= 0.6 is 0 Å². The van der Waals surface area contributed by atoms with Crippen molar-refractivity contribution in [1.29, 1.82) is 0 Å². The molecule has 21 heavy (non-hydrogen) atoms. The third-order valence-electron chi connectivity index (χ3n) is 4.56. The Morgan fingerprint density at radius 3 is 2.48 bits per heavy atom. The highest BCUT2D eigenvalue weighted by atomic mass is 19.1. The number of hydrogen-bond donors (Lipinski definition) is 0. The lowest BCUT2D eigenvalue weighted by Gasteiger charge is -2.32. The molecule has 1 aromatic carbocycles. The van der Waals surface area contributed by atoms with Gasteiger partial charge < -0.3 is 4.90 Å². The SMILES string of the molecule is CC1CCN(CC(=O)N(C)C(C)c2ccc(F)cc2)CC1. The van der Waals surface area contributed by atoms with Gasteiger partial charge in [-0.15, -0.1) is 0 Å². The second-order valence-electron chi connectivity index (χ2n) is 6.19. The van der Waals surface area contributed by atoms with Crippen LogP contribution in [0, 0.1) is 11.7 Å². The fourth-order valence-corrected chi connectivity index (χ4v) is 2.70. The summed E-state index contributed by atoms with van der Waals surface area (Å²) in [5.41, 5.74) is 0.958. The molecule has 0 spiro atoms. The van der Waals surface area contributed by atoms with E-state index in [0.717, 1.165) is 24.6 Å². The van der Waals surface area contributed by atoms with Gasteiger partial charge in [0.05, 0.1) is 12.6 Å². The average molecular weight is 292 g/mol. The summed E-state index contributed by atoms with van der Waals surface area (Å²) in [6, 6.07) is 6.33. The molecular formula is C17H25FN2O. The molecule has 3 nitrogen and oxygen atoms in total. The molecule has 1 unspecified atom stereocenters. The van der Waals surface area contributed by atoms with E-state index in [4.69, 9.17) is 0 Å². The lowest BCUT2D eigenvalue weighted by atomic mass is 9.99. The highest BCUT2D eigenvalue weighted by molar-refractivity contribution is 5.78. The third kappa shape index (κ3) is 4.27. The van der Waals surface area contributed by atoms with Crippen molar-refractivity contribution in [3.8, 4) is 0 Å². The van der Waals surface area contributed by atoms with E-state index in [-0.39, 0.29) is 17.8 Å². The molecule has 0 aromatic heterocycles. The monoisotopic (exact) mass is 292 g/mol. The predicted molar refractivity (Wildman–Crippen MR) is 82.4 cm³/mol. The summed E-state index contributed by atoms with van der Waals surface area (Å²) in [6.07, 6.45) is 2.34. The Kier molecular flexibility index (Phi) is 5.34. The van der Waals surface area contributed by atoms with Crippen LogP contribution in [0.2, 0.25) is 0 Å². The summed E-state index contributed by atoms with van der Waals surface area (Å²) in [5.74, 6) is 0.649. The van der Waals surface area contributed by atoms with E-state index in [1.165, 1.54) is 25.0 Å². The van der Waals surface area contributed by atoms with Gasteiger partial charge in [0.15, 0.2) is 0 Å². The summed E-state index contributed by atoms with van der Waals surface area (Å²) in [5, 5.41) is 0. The van der Waals surface area contributed by atoms with E-state index in [2.05, 4.69) is 11.8 Å². The number of halogens is 1. The molecule has 0 radical (unpaired) electrons. The summed E-state index contributed by atoms with van der Waals surface area (Å²) in [7, 11) is 1.82.